The van der Waals surface area contributed by atoms with Crippen molar-refractivity contribution in [1.29, 1.82) is 0 Å². The Kier molecular flexibility index (Phi) is 4.57. The fraction of sp³-hybridized carbons (Fsp3) is 0.227. The molecule has 1 amide bonds. The highest BCUT2D eigenvalue weighted by molar-refractivity contribution is 6.14. The summed E-state index contributed by atoms with van der Waals surface area (Å²) in [7, 11) is 0. The second-order valence-corrected chi connectivity index (χ2v) is 7.29. The van der Waals surface area contributed by atoms with E-state index >= 15 is 0 Å². The average molecular weight is 403 g/mol. The molecule has 1 fully saturated rings. The number of hydrogen-bond acceptors (Lipinski definition) is 6. The maximum atomic E-state index is 12.2. The van der Waals surface area contributed by atoms with Crippen molar-refractivity contribution in [2.45, 2.75) is 6.61 Å². The van der Waals surface area contributed by atoms with Crippen molar-refractivity contribution in [3.8, 4) is 11.3 Å². The zero-order valence-electron chi connectivity index (χ0n) is 16.3. The summed E-state index contributed by atoms with van der Waals surface area (Å²) in [5.74, 6) is -0.524. The number of aliphatic hydroxyl groups excluding tert-OH is 1. The Morgan fingerprint density at radius 1 is 1.20 bits per heavy atom. The van der Waals surface area contributed by atoms with E-state index in [-0.39, 0.29) is 6.61 Å². The number of nitrogens with zero attached hydrogens (tertiary/aromatic N) is 3. The number of hydrogen-bond donors (Lipinski definition) is 3. The van der Waals surface area contributed by atoms with Gasteiger partial charge in [-0.25, -0.2) is 4.98 Å². The van der Waals surface area contributed by atoms with E-state index in [0.29, 0.717) is 41.2 Å². The summed E-state index contributed by atoms with van der Waals surface area (Å²) in [5.41, 5.74) is 11.3. The van der Waals surface area contributed by atoms with Gasteiger partial charge < -0.3 is 25.5 Å². The SMILES string of the molecule is NC(=O)c1cc(-c2ccc(CO)nc2)nc2c1[nH]c1cc(N3CCOCC3)ccc12. The molecular formula is C22H21N5O3. The summed E-state index contributed by atoms with van der Waals surface area (Å²) in [6, 6.07) is 11.4. The number of benzene rings is 1. The molecule has 152 valence electrons. The number of aromatic nitrogens is 3. The quantitative estimate of drug-likeness (QED) is 0.481. The molecule has 0 unspecified atom stereocenters. The maximum absolute atomic E-state index is 12.2. The predicted octanol–water partition coefficient (Wildman–Crippen LogP) is 2.21. The van der Waals surface area contributed by atoms with Crippen molar-refractivity contribution in [3.63, 3.8) is 0 Å². The van der Waals surface area contributed by atoms with Crippen LogP contribution in [-0.2, 0) is 11.3 Å². The van der Waals surface area contributed by atoms with E-state index in [1.807, 2.05) is 12.1 Å². The lowest BCUT2D eigenvalue weighted by atomic mass is 10.1. The molecule has 1 aliphatic heterocycles. The van der Waals surface area contributed by atoms with Gasteiger partial charge in [0.1, 0.15) is 0 Å². The summed E-state index contributed by atoms with van der Waals surface area (Å²) in [6.45, 7) is 2.98. The van der Waals surface area contributed by atoms with Crippen LogP contribution in [0.1, 0.15) is 16.1 Å². The first kappa shape index (κ1) is 18.5. The number of pyridine rings is 2. The number of H-pyrrole nitrogens is 1. The predicted molar refractivity (Wildman–Crippen MR) is 114 cm³/mol. The van der Waals surface area contributed by atoms with Crippen LogP contribution in [0, 0.1) is 0 Å². The molecule has 30 heavy (non-hydrogen) atoms. The van der Waals surface area contributed by atoms with Crippen LogP contribution in [0.2, 0.25) is 0 Å². The van der Waals surface area contributed by atoms with E-state index in [4.69, 9.17) is 15.5 Å². The van der Waals surface area contributed by atoms with Crippen LogP contribution < -0.4 is 10.6 Å². The highest BCUT2D eigenvalue weighted by Crippen LogP contribution is 2.32. The van der Waals surface area contributed by atoms with Gasteiger partial charge in [0.15, 0.2) is 0 Å². The fourth-order valence-corrected chi connectivity index (χ4v) is 3.87. The molecule has 1 aromatic carbocycles. The number of carbonyl (C=O) groups excluding carboxylic acids is 1. The highest BCUT2D eigenvalue weighted by atomic mass is 16.5. The van der Waals surface area contributed by atoms with E-state index in [2.05, 4.69) is 27.0 Å². The van der Waals surface area contributed by atoms with E-state index < -0.39 is 5.91 Å². The minimum atomic E-state index is -0.524. The molecule has 0 radical (unpaired) electrons. The number of primary amides is 1. The van der Waals surface area contributed by atoms with Crippen molar-refractivity contribution < 1.29 is 14.6 Å². The zero-order chi connectivity index (χ0) is 20.7. The Bertz CT molecular complexity index is 1240. The van der Waals surface area contributed by atoms with Gasteiger partial charge in [-0.15, -0.1) is 0 Å². The molecule has 0 spiro atoms. The lowest BCUT2D eigenvalue weighted by Crippen LogP contribution is -2.36. The molecule has 0 aliphatic carbocycles. The standard InChI is InChI=1S/C22H21N5O3/c23-22(29)17-10-18(13-1-2-14(12-28)24-11-13)25-20-16-4-3-15(9-19(16)26-21(17)20)27-5-7-30-8-6-27/h1-4,9-11,26,28H,5-8,12H2,(H2,23,29). The zero-order valence-corrected chi connectivity index (χ0v) is 16.3. The van der Waals surface area contributed by atoms with Crippen LogP contribution in [0.25, 0.3) is 33.2 Å². The molecular weight excluding hydrogens is 382 g/mol. The van der Waals surface area contributed by atoms with Crippen molar-refractivity contribution >= 4 is 33.5 Å². The molecule has 8 nitrogen and oxygen atoms in total. The van der Waals surface area contributed by atoms with E-state index in [0.717, 1.165) is 35.2 Å². The van der Waals surface area contributed by atoms with Crippen molar-refractivity contribution in [2.24, 2.45) is 5.73 Å². The molecule has 5 rings (SSSR count). The Labute approximate surface area is 172 Å². The number of nitrogens with two attached hydrogens (primary N) is 1. The molecule has 4 aromatic rings. The molecule has 4 N–H and O–H groups in total. The molecule has 0 saturated carbocycles. The minimum Gasteiger partial charge on any atom is -0.390 e. The number of anilines is 1. The molecule has 1 aliphatic rings. The van der Waals surface area contributed by atoms with Crippen LogP contribution in [0.15, 0.2) is 42.6 Å². The van der Waals surface area contributed by atoms with Gasteiger partial charge in [-0.3, -0.25) is 9.78 Å². The van der Waals surface area contributed by atoms with Gasteiger partial charge in [0.05, 0.1) is 53.3 Å². The molecule has 0 atom stereocenters. The average Bonchev–Trinajstić information content (AvgIpc) is 3.16. The Balaban J connectivity index is 1.67. The van der Waals surface area contributed by atoms with Gasteiger partial charge in [-0.2, -0.15) is 0 Å². The number of carbonyl (C=O) groups is 1. The normalized spacial score (nSPS) is 14.5. The number of ether oxygens (including phenoxy) is 1. The van der Waals surface area contributed by atoms with Crippen molar-refractivity contribution in [3.05, 3.63) is 53.9 Å². The molecule has 8 heteroatoms. The smallest absolute Gasteiger partial charge is 0.250 e. The van der Waals surface area contributed by atoms with E-state index in [1.54, 1.807) is 18.3 Å². The molecule has 1 saturated heterocycles. The summed E-state index contributed by atoms with van der Waals surface area (Å²) in [6.07, 6.45) is 1.63. The van der Waals surface area contributed by atoms with E-state index in [1.165, 1.54) is 0 Å². The first-order valence-corrected chi connectivity index (χ1v) is 9.79. The molecule has 0 bridgehead atoms. The number of amides is 1. The summed E-state index contributed by atoms with van der Waals surface area (Å²) < 4.78 is 5.44. The number of nitrogens with one attached hydrogen (secondary N) is 1. The summed E-state index contributed by atoms with van der Waals surface area (Å²) in [4.78, 5) is 26.8. The summed E-state index contributed by atoms with van der Waals surface area (Å²) >= 11 is 0. The van der Waals surface area contributed by atoms with Gasteiger partial charge in [-0.05, 0) is 36.4 Å². The number of aliphatic hydroxyl groups is 1. The van der Waals surface area contributed by atoms with Gasteiger partial charge >= 0.3 is 0 Å². The van der Waals surface area contributed by atoms with Gasteiger partial charge in [0, 0.05) is 35.9 Å². The number of morpholine rings is 1. The largest absolute Gasteiger partial charge is 0.390 e. The Hall–Kier alpha value is -3.49. The maximum Gasteiger partial charge on any atom is 0.250 e. The summed E-state index contributed by atoms with van der Waals surface area (Å²) in [5, 5.41) is 10.1. The third kappa shape index (κ3) is 3.16. The third-order valence-corrected chi connectivity index (χ3v) is 5.46. The van der Waals surface area contributed by atoms with Gasteiger partial charge in [0.25, 0.3) is 5.91 Å². The monoisotopic (exact) mass is 403 g/mol. The first-order chi connectivity index (χ1) is 14.6. The van der Waals surface area contributed by atoms with E-state index in [9.17, 15) is 9.90 Å². The molecule has 4 heterocycles. The Morgan fingerprint density at radius 2 is 2.03 bits per heavy atom. The van der Waals surface area contributed by atoms with Crippen LogP contribution in [0.5, 0.6) is 0 Å². The Morgan fingerprint density at radius 3 is 2.73 bits per heavy atom. The van der Waals surface area contributed by atoms with Crippen molar-refractivity contribution in [2.75, 3.05) is 31.2 Å². The lowest BCUT2D eigenvalue weighted by Gasteiger charge is -2.28. The van der Waals surface area contributed by atoms with Gasteiger partial charge in [-0.1, -0.05) is 0 Å². The van der Waals surface area contributed by atoms with Crippen LogP contribution in [0.3, 0.4) is 0 Å². The second-order valence-electron chi connectivity index (χ2n) is 7.29. The second kappa shape index (κ2) is 7.40. The van der Waals surface area contributed by atoms with Crippen LogP contribution >= 0.6 is 0 Å². The lowest BCUT2D eigenvalue weighted by molar-refractivity contribution is 0.100. The topological polar surface area (TPSA) is 117 Å². The number of rotatable bonds is 4. The minimum absolute atomic E-state index is 0.132. The molecule has 3 aromatic heterocycles. The fourth-order valence-electron chi connectivity index (χ4n) is 3.87. The van der Waals surface area contributed by atoms with Crippen LogP contribution in [0.4, 0.5) is 5.69 Å². The van der Waals surface area contributed by atoms with Crippen molar-refractivity contribution in [1.82, 2.24) is 15.0 Å². The third-order valence-electron chi connectivity index (χ3n) is 5.46. The first-order valence-electron chi connectivity index (χ1n) is 9.79. The number of fused-ring (bicyclic) bond motifs is 3. The highest BCUT2D eigenvalue weighted by Gasteiger charge is 2.18. The van der Waals surface area contributed by atoms with Crippen LogP contribution in [-0.4, -0.2) is 52.3 Å². The number of aromatic amines is 1. The van der Waals surface area contributed by atoms with Gasteiger partial charge in [0.2, 0.25) is 0 Å².